The molecule has 2 rings (SSSR count). The number of benzene rings is 1. The maximum atomic E-state index is 11.1. The molecule has 1 heterocycles. The monoisotopic (exact) mass is 295 g/mol. The number of carbonyl (C=O) groups is 1. The fraction of sp³-hybridized carbons (Fsp3) is 0.533. The van der Waals surface area contributed by atoms with Gasteiger partial charge in [-0.1, -0.05) is 24.6 Å². The molecule has 0 radical (unpaired) electrons. The molecule has 1 fully saturated rings. The standard InChI is InChI=1S/C15H22ClN3O/c1-3-17-9-12-4-5-14(8-15(12)16)19-7-6-13(10-19)18-11(2)20/h4-5,8,13,17H,3,6-7,9-10H2,1-2H3,(H,18,20). The highest BCUT2D eigenvalue weighted by molar-refractivity contribution is 6.31. The van der Waals surface area contributed by atoms with Gasteiger partial charge < -0.3 is 15.5 Å². The molecule has 20 heavy (non-hydrogen) atoms. The van der Waals surface area contributed by atoms with Crippen molar-refractivity contribution in [1.29, 1.82) is 0 Å². The van der Waals surface area contributed by atoms with Crippen molar-refractivity contribution in [2.75, 3.05) is 24.5 Å². The number of hydrogen-bond donors (Lipinski definition) is 2. The van der Waals surface area contributed by atoms with Gasteiger partial charge in [-0.3, -0.25) is 4.79 Å². The normalized spacial score (nSPS) is 18.4. The van der Waals surface area contributed by atoms with E-state index in [-0.39, 0.29) is 11.9 Å². The van der Waals surface area contributed by atoms with Crippen molar-refractivity contribution >= 4 is 23.2 Å². The molecule has 4 nitrogen and oxygen atoms in total. The first-order valence-electron chi connectivity index (χ1n) is 7.11. The van der Waals surface area contributed by atoms with E-state index in [1.807, 2.05) is 6.07 Å². The van der Waals surface area contributed by atoms with Gasteiger partial charge in [0.15, 0.2) is 0 Å². The van der Waals surface area contributed by atoms with Crippen LogP contribution in [0.15, 0.2) is 18.2 Å². The van der Waals surface area contributed by atoms with Crippen LogP contribution in [0.5, 0.6) is 0 Å². The Morgan fingerprint density at radius 2 is 2.30 bits per heavy atom. The van der Waals surface area contributed by atoms with Crippen molar-refractivity contribution in [1.82, 2.24) is 10.6 Å². The Labute approximate surface area is 125 Å². The smallest absolute Gasteiger partial charge is 0.217 e. The quantitative estimate of drug-likeness (QED) is 0.875. The second kappa shape index (κ2) is 6.95. The third kappa shape index (κ3) is 3.87. The molecule has 0 saturated carbocycles. The SMILES string of the molecule is CCNCc1ccc(N2CCC(NC(C)=O)C2)cc1Cl. The van der Waals surface area contributed by atoms with Gasteiger partial charge in [-0.05, 0) is 30.7 Å². The van der Waals surface area contributed by atoms with E-state index in [0.29, 0.717) is 0 Å². The Morgan fingerprint density at radius 1 is 1.50 bits per heavy atom. The van der Waals surface area contributed by atoms with E-state index in [9.17, 15) is 4.79 Å². The van der Waals surface area contributed by atoms with E-state index < -0.39 is 0 Å². The van der Waals surface area contributed by atoms with Crippen molar-refractivity contribution in [2.45, 2.75) is 32.9 Å². The Kier molecular flexibility index (Phi) is 5.26. The highest BCUT2D eigenvalue weighted by Gasteiger charge is 2.23. The summed E-state index contributed by atoms with van der Waals surface area (Å²) >= 11 is 6.33. The number of hydrogen-bond acceptors (Lipinski definition) is 3. The van der Waals surface area contributed by atoms with Gasteiger partial charge in [0.25, 0.3) is 0 Å². The number of nitrogens with one attached hydrogen (secondary N) is 2. The molecule has 1 aliphatic heterocycles. The molecule has 0 spiro atoms. The fourth-order valence-electron chi connectivity index (χ4n) is 2.54. The summed E-state index contributed by atoms with van der Waals surface area (Å²) in [6, 6.07) is 6.44. The second-order valence-electron chi connectivity index (χ2n) is 5.19. The van der Waals surface area contributed by atoms with E-state index in [4.69, 9.17) is 11.6 Å². The highest BCUT2D eigenvalue weighted by atomic mass is 35.5. The molecule has 110 valence electrons. The second-order valence-corrected chi connectivity index (χ2v) is 5.60. The Balaban J connectivity index is 2.00. The lowest BCUT2D eigenvalue weighted by Gasteiger charge is -2.20. The van der Waals surface area contributed by atoms with Gasteiger partial charge >= 0.3 is 0 Å². The van der Waals surface area contributed by atoms with E-state index >= 15 is 0 Å². The van der Waals surface area contributed by atoms with E-state index in [0.717, 1.165) is 48.9 Å². The van der Waals surface area contributed by atoms with Gasteiger partial charge in [-0.15, -0.1) is 0 Å². The molecule has 1 aliphatic rings. The Morgan fingerprint density at radius 3 is 2.95 bits per heavy atom. The van der Waals surface area contributed by atoms with Crippen LogP contribution in [0.25, 0.3) is 0 Å². The van der Waals surface area contributed by atoms with Crippen LogP contribution in [0.2, 0.25) is 5.02 Å². The van der Waals surface area contributed by atoms with Crippen molar-refractivity contribution in [2.24, 2.45) is 0 Å². The van der Waals surface area contributed by atoms with Gasteiger partial charge in [0.2, 0.25) is 5.91 Å². The number of halogens is 1. The minimum atomic E-state index is 0.0378. The van der Waals surface area contributed by atoms with Gasteiger partial charge in [0.1, 0.15) is 0 Å². The average Bonchev–Trinajstić information content (AvgIpc) is 2.85. The van der Waals surface area contributed by atoms with Gasteiger partial charge in [-0.2, -0.15) is 0 Å². The van der Waals surface area contributed by atoms with Crippen molar-refractivity contribution < 1.29 is 4.79 Å². The van der Waals surface area contributed by atoms with Crippen LogP contribution >= 0.6 is 11.6 Å². The number of amides is 1. The molecule has 1 unspecified atom stereocenters. The minimum absolute atomic E-state index is 0.0378. The minimum Gasteiger partial charge on any atom is -0.369 e. The first kappa shape index (κ1) is 15.1. The zero-order valence-electron chi connectivity index (χ0n) is 12.1. The molecule has 0 aromatic heterocycles. The third-order valence-corrected chi connectivity index (χ3v) is 3.91. The summed E-state index contributed by atoms with van der Waals surface area (Å²) in [6.45, 7) is 7.17. The summed E-state index contributed by atoms with van der Waals surface area (Å²) in [7, 11) is 0. The summed E-state index contributed by atoms with van der Waals surface area (Å²) < 4.78 is 0. The molecule has 0 aliphatic carbocycles. The lowest BCUT2D eigenvalue weighted by atomic mass is 10.2. The number of nitrogens with zero attached hydrogens (tertiary/aromatic N) is 1. The predicted octanol–water partition coefficient (Wildman–Crippen LogP) is 2.16. The molecule has 1 saturated heterocycles. The van der Waals surface area contributed by atoms with Gasteiger partial charge in [0, 0.05) is 43.3 Å². The van der Waals surface area contributed by atoms with E-state index in [2.05, 4.69) is 34.6 Å². The molecule has 1 atom stereocenters. The zero-order chi connectivity index (χ0) is 14.5. The molecule has 2 N–H and O–H groups in total. The summed E-state index contributed by atoms with van der Waals surface area (Å²) in [5, 5.41) is 7.05. The maximum absolute atomic E-state index is 11.1. The number of rotatable bonds is 5. The predicted molar refractivity (Wildman–Crippen MR) is 83.3 cm³/mol. The van der Waals surface area contributed by atoms with Crippen LogP contribution in [0.3, 0.4) is 0 Å². The molecule has 5 heteroatoms. The lowest BCUT2D eigenvalue weighted by Crippen LogP contribution is -2.35. The molecule has 1 amide bonds. The topological polar surface area (TPSA) is 44.4 Å². The van der Waals surface area contributed by atoms with Gasteiger partial charge in [0.05, 0.1) is 0 Å². The van der Waals surface area contributed by atoms with Crippen molar-refractivity contribution in [3.05, 3.63) is 28.8 Å². The first-order chi connectivity index (χ1) is 9.60. The lowest BCUT2D eigenvalue weighted by molar-refractivity contribution is -0.119. The molecule has 1 aromatic carbocycles. The van der Waals surface area contributed by atoms with Crippen LogP contribution in [0.1, 0.15) is 25.8 Å². The van der Waals surface area contributed by atoms with Crippen LogP contribution < -0.4 is 15.5 Å². The van der Waals surface area contributed by atoms with E-state index in [1.165, 1.54) is 0 Å². The fourth-order valence-corrected chi connectivity index (χ4v) is 2.78. The van der Waals surface area contributed by atoms with Crippen LogP contribution in [-0.2, 0) is 11.3 Å². The van der Waals surface area contributed by atoms with E-state index in [1.54, 1.807) is 6.92 Å². The summed E-state index contributed by atoms with van der Waals surface area (Å²) in [6.07, 6.45) is 0.982. The Bertz CT molecular complexity index is 478. The zero-order valence-corrected chi connectivity index (χ0v) is 12.8. The molecular weight excluding hydrogens is 274 g/mol. The van der Waals surface area contributed by atoms with Gasteiger partial charge in [-0.25, -0.2) is 0 Å². The number of anilines is 1. The highest BCUT2D eigenvalue weighted by Crippen LogP contribution is 2.26. The summed E-state index contributed by atoms with van der Waals surface area (Å²) in [5.41, 5.74) is 2.25. The van der Waals surface area contributed by atoms with Crippen molar-refractivity contribution in [3.8, 4) is 0 Å². The van der Waals surface area contributed by atoms with Crippen LogP contribution in [-0.4, -0.2) is 31.6 Å². The van der Waals surface area contributed by atoms with Crippen LogP contribution in [0, 0.1) is 0 Å². The summed E-state index contributed by atoms with van der Waals surface area (Å²) in [4.78, 5) is 13.4. The molecule has 1 aromatic rings. The first-order valence-corrected chi connectivity index (χ1v) is 7.49. The van der Waals surface area contributed by atoms with Crippen LogP contribution in [0.4, 0.5) is 5.69 Å². The summed E-state index contributed by atoms with van der Waals surface area (Å²) in [5.74, 6) is 0.0378. The largest absolute Gasteiger partial charge is 0.369 e. The molecular formula is C15H22ClN3O. The average molecular weight is 296 g/mol. The maximum Gasteiger partial charge on any atom is 0.217 e. The third-order valence-electron chi connectivity index (χ3n) is 3.56. The number of carbonyl (C=O) groups excluding carboxylic acids is 1. The molecule has 0 bridgehead atoms. The van der Waals surface area contributed by atoms with Crippen molar-refractivity contribution in [3.63, 3.8) is 0 Å². The Hall–Kier alpha value is -1.26.